The quantitative estimate of drug-likeness (QED) is 0.652. The first-order valence-electron chi connectivity index (χ1n) is 13.1. The molecule has 2 bridgehead atoms. The fourth-order valence-electron chi connectivity index (χ4n) is 7.39. The summed E-state index contributed by atoms with van der Waals surface area (Å²) >= 11 is 0. The van der Waals surface area contributed by atoms with E-state index < -0.39 is 0 Å². The van der Waals surface area contributed by atoms with Crippen molar-refractivity contribution in [3.8, 4) is 5.75 Å². The molecule has 1 aromatic heterocycles. The van der Waals surface area contributed by atoms with Gasteiger partial charge in [-0.1, -0.05) is 39.8 Å². The highest BCUT2D eigenvalue weighted by molar-refractivity contribution is 6.10. The lowest BCUT2D eigenvalue weighted by atomic mass is 9.68. The molecular weight excluding hydrogens is 426 g/mol. The normalized spacial score (nSPS) is 28.5. The van der Waals surface area contributed by atoms with E-state index in [2.05, 4.69) is 48.5 Å². The number of nitrogens with one attached hydrogen (secondary N) is 1. The van der Waals surface area contributed by atoms with Crippen LogP contribution in [0.25, 0.3) is 10.9 Å². The second kappa shape index (κ2) is 8.87. The number of aromatic nitrogens is 1. The molecule has 1 unspecified atom stereocenters. The van der Waals surface area contributed by atoms with Gasteiger partial charge in [-0.2, -0.15) is 0 Å². The van der Waals surface area contributed by atoms with Gasteiger partial charge in [-0.25, -0.2) is 0 Å². The molecule has 1 saturated heterocycles. The Morgan fingerprint density at radius 1 is 1.21 bits per heavy atom. The zero-order chi connectivity index (χ0) is 24.1. The van der Waals surface area contributed by atoms with Crippen LogP contribution in [-0.2, 0) is 17.7 Å². The minimum atomic E-state index is 0.0760. The number of carbonyl (C=O) groups excluding carboxylic acids is 1. The van der Waals surface area contributed by atoms with E-state index in [9.17, 15) is 4.79 Å². The molecule has 3 atom stereocenters. The van der Waals surface area contributed by atoms with Gasteiger partial charge in [0.25, 0.3) is 5.91 Å². The molecular formula is C28H41N3O3. The number of methoxy groups -OCH3 is 1. The van der Waals surface area contributed by atoms with Gasteiger partial charge in [0.1, 0.15) is 5.75 Å². The molecule has 2 aromatic rings. The van der Waals surface area contributed by atoms with Crippen molar-refractivity contribution in [2.24, 2.45) is 16.7 Å². The summed E-state index contributed by atoms with van der Waals surface area (Å²) in [5, 5.41) is 4.56. The molecule has 34 heavy (non-hydrogen) atoms. The van der Waals surface area contributed by atoms with Crippen molar-refractivity contribution in [1.29, 1.82) is 0 Å². The number of hydrogen-bond acceptors (Lipinski definition) is 4. The van der Waals surface area contributed by atoms with E-state index in [1.165, 1.54) is 19.3 Å². The molecule has 1 amide bonds. The number of rotatable bonds is 7. The van der Waals surface area contributed by atoms with Gasteiger partial charge < -0.3 is 19.4 Å². The fraction of sp³-hybridized carbons (Fsp3) is 0.679. The van der Waals surface area contributed by atoms with Gasteiger partial charge in [-0.05, 0) is 48.5 Å². The van der Waals surface area contributed by atoms with Crippen molar-refractivity contribution in [3.05, 3.63) is 29.5 Å². The number of nitrogens with zero attached hydrogens (tertiary/aromatic N) is 2. The summed E-state index contributed by atoms with van der Waals surface area (Å²) < 4.78 is 13.7. The van der Waals surface area contributed by atoms with E-state index >= 15 is 0 Å². The molecule has 2 saturated carbocycles. The van der Waals surface area contributed by atoms with Crippen molar-refractivity contribution in [2.45, 2.75) is 66.0 Å². The van der Waals surface area contributed by atoms with Gasteiger partial charge in [-0.3, -0.25) is 9.69 Å². The SMILES string of the molecule is CCc1c(C(=O)NC2C(C)(C)[C@@H]3CC[C@@]2(C)C3)c2cccc(OC)c2n1CCN1CCOCC1. The van der Waals surface area contributed by atoms with Gasteiger partial charge in [0.05, 0.1) is 31.4 Å². The number of hydrogen-bond donors (Lipinski definition) is 1. The lowest BCUT2D eigenvalue weighted by Gasteiger charge is -2.43. The fourth-order valence-corrected chi connectivity index (χ4v) is 7.39. The number of benzene rings is 1. The summed E-state index contributed by atoms with van der Waals surface area (Å²) in [4.78, 5) is 16.5. The lowest BCUT2D eigenvalue weighted by Crippen LogP contribution is -2.52. The van der Waals surface area contributed by atoms with Crippen LogP contribution in [0.4, 0.5) is 0 Å². The van der Waals surface area contributed by atoms with Crippen molar-refractivity contribution >= 4 is 16.8 Å². The van der Waals surface area contributed by atoms with E-state index in [-0.39, 0.29) is 22.8 Å². The Labute approximate surface area is 204 Å². The third kappa shape index (κ3) is 3.74. The second-order valence-corrected chi connectivity index (χ2v) is 11.5. The van der Waals surface area contributed by atoms with E-state index in [1.807, 2.05) is 12.1 Å². The summed E-state index contributed by atoms with van der Waals surface area (Å²) in [7, 11) is 1.72. The Morgan fingerprint density at radius 3 is 2.62 bits per heavy atom. The first-order valence-corrected chi connectivity index (χ1v) is 13.1. The summed E-state index contributed by atoms with van der Waals surface area (Å²) in [6.45, 7) is 14.5. The van der Waals surface area contributed by atoms with Crippen molar-refractivity contribution in [1.82, 2.24) is 14.8 Å². The Kier molecular flexibility index (Phi) is 6.18. The van der Waals surface area contributed by atoms with Crippen molar-refractivity contribution < 1.29 is 14.3 Å². The largest absolute Gasteiger partial charge is 0.495 e. The summed E-state index contributed by atoms with van der Waals surface area (Å²) in [5.74, 6) is 1.61. The van der Waals surface area contributed by atoms with Crippen LogP contribution in [0.1, 0.15) is 63.0 Å². The molecule has 5 rings (SSSR count). The van der Waals surface area contributed by atoms with Gasteiger partial charge in [-0.15, -0.1) is 0 Å². The molecule has 3 fully saturated rings. The van der Waals surface area contributed by atoms with Gasteiger partial charge in [0.15, 0.2) is 0 Å². The van der Waals surface area contributed by atoms with Crippen LogP contribution < -0.4 is 10.1 Å². The maximum atomic E-state index is 14.0. The zero-order valence-electron chi connectivity index (χ0n) is 21.6. The Hall–Kier alpha value is -2.05. The van der Waals surface area contributed by atoms with Crippen LogP contribution in [0.15, 0.2) is 18.2 Å². The van der Waals surface area contributed by atoms with Crippen LogP contribution in [0.3, 0.4) is 0 Å². The molecule has 6 nitrogen and oxygen atoms in total. The summed E-state index contributed by atoms with van der Waals surface area (Å²) in [6, 6.07) is 6.31. The van der Waals surface area contributed by atoms with Crippen LogP contribution in [-0.4, -0.2) is 61.4 Å². The van der Waals surface area contributed by atoms with E-state index in [0.29, 0.717) is 5.92 Å². The molecule has 1 aliphatic heterocycles. The Bertz CT molecular complexity index is 1060. The maximum Gasteiger partial charge on any atom is 0.254 e. The topological polar surface area (TPSA) is 55.7 Å². The number of fused-ring (bicyclic) bond motifs is 3. The minimum absolute atomic E-state index is 0.0760. The molecule has 186 valence electrons. The molecule has 1 N–H and O–H groups in total. The van der Waals surface area contributed by atoms with E-state index in [1.54, 1.807) is 7.11 Å². The van der Waals surface area contributed by atoms with Crippen LogP contribution in [0.5, 0.6) is 5.75 Å². The molecule has 6 heteroatoms. The Balaban J connectivity index is 1.52. The first-order chi connectivity index (χ1) is 16.3. The second-order valence-electron chi connectivity index (χ2n) is 11.5. The van der Waals surface area contributed by atoms with Crippen LogP contribution in [0.2, 0.25) is 0 Å². The highest BCUT2D eigenvalue weighted by Gasteiger charge is 2.59. The maximum absolute atomic E-state index is 14.0. The highest BCUT2D eigenvalue weighted by Crippen LogP contribution is 2.62. The smallest absolute Gasteiger partial charge is 0.254 e. The number of morpholine rings is 1. The third-order valence-corrected chi connectivity index (χ3v) is 9.22. The molecule has 0 spiro atoms. The molecule has 3 aliphatic rings. The molecule has 2 aliphatic carbocycles. The average molecular weight is 468 g/mol. The summed E-state index contributed by atoms with van der Waals surface area (Å²) in [5.41, 5.74) is 3.31. The standard InChI is InChI=1S/C28H41N3O3/c1-6-21-23(25(32)29-26-27(2,3)19-10-11-28(26,4)18-19)20-8-7-9-22(33-5)24(20)31(21)13-12-30-14-16-34-17-15-30/h7-9,19,26H,6,10-18H2,1-5H3,(H,29,32)/t19-,26?,28+/m1/s1. The van der Waals surface area contributed by atoms with Gasteiger partial charge in [0.2, 0.25) is 0 Å². The zero-order valence-corrected chi connectivity index (χ0v) is 21.6. The minimum Gasteiger partial charge on any atom is -0.495 e. The third-order valence-electron chi connectivity index (χ3n) is 9.22. The van der Waals surface area contributed by atoms with E-state index in [0.717, 1.165) is 73.7 Å². The number of ether oxygens (including phenoxy) is 2. The predicted molar refractivity (Wildman–Crippen MR) is 136 cm³/mol. The van der Waals surface area contributed by atoms with Gasteiger partial charge in [0, 0.05) is 43.3 Å². The summed E-state index contributed by atoms with van der Waals surface area (Å²) in [6.07, 6.45) is 4.52. The lowest BCUT2D eigenvalue weighted by molar-refractivity contribution is 0.0364. The number of carbonyl (C=O) groups is 1. The Morgan fingerprint density at radius 2 is 1.97 bits per heavy atom. The number of para-hydroxylation sites is 1. The molecule has 0 radical (unpaired) electrons. The van der Waals surface area contributed by atoms with Crippen LogP contribution >= 0.6 is 0 Å². The van der Waals surface area contributed by atoms with Crippen LogP contribution in [0, 0.1) is 16.7 Å². The van der Waals surface area contributed by atoms with E-state index in [4.69, 9.17) is 9.47 Å². The monoisotopic (exact) mass is 467 g/mol. The van der Waals surface area contributed by atoms with Crippen molar-refractivity contribution in [2.75, 3.05) is 40.0 Å². The first kappa shape index (κ1) is 23.7. The molecule has 2 heterocycles. The highest BCUT2D eigenvalue weighted by atomic mass is 16.5. The number of amides is 1. The molecule has 1 aromatic carbocycles. The average Bonchev–Trinajstić information content (AvgIpc) is 3.45. The van der Waals surface area contributed by atoms with Gasteiger partial charge >= 0.3 is 0 Å². The van der Waals surface area contributed by atoms with Crippen molar-refractivity contribution in [3.63, 3.8) is 0 Å². The predicted octanol–water partition coefficient (Wildman–Crippen LogP) is 4.49.